The molecule has 1 heterocycles. The van der Waals surface area contributed by atoms with E-state index in [4.69, 9.17) is 0 Å². The van der Waals surface area contributed by atoms with E-state index in [0.29, 0.717) is 6.04 Å². The fraction of sp³-hybridized carbons (Fsp3) is 0.500. The Labute approximate surface area is 72.9 Å². The lowest BCUT2D eigenvalue weighted by molar-refractivity contribution is 0.507. The number of allylic oxidation sites excluding steroid dienone is 2. The van der Waals surface area contributed by atoms with Gasteiger partial charge in [0.15, 0.2) is 0 Å². The fourth-order valence-electron chi connectivity index (χ4n) is 1.76. The SMILES string of the molecule is Cc1nccn1C1C=CCCC1. The Balaban J connectivity index is 2.24. The first-order chi connectivity index (χ1) is 5.88. The first-order valence-electron chi connectivity index (χ1n) is 4.54. The van der Waals surface area contributed by atoms with Gasteiger partial charge >= 0.3 is 0 Å². The highest BCUT2D eigenvalue weighted by Crippen LogP contribution is 2.22. The fourth-order valence-corrected chi connectivity index (χ4v) is 1.76. The summed E-state index contributed by atoms with van der Waals surface area (Å²) in [7, 11) is 0. The molecule has 1 unspecified atom stereocenters. The zero-order valence-electron chi connectivity index (χ0n) is 7.40. The van der Waals surface area contributed by atoms with E-state index in [1.807, 2.05) is 6.20 Å². The molecule has 0 bridgehead atoms. The van der Waals surface area contributed by atoms with Gasteiger partial charge < -0.3 is 4.57 Å². The van der Waals surface area contributed by atoms with Crippen LogP contribution in [0.4, 0.5) is 0 Å². The highest BCUT2D eigenvalue weighted by molar-refractivity contribution is 5.02. The lowest BCUT2D eigenvalue weighted by atomic mass is 10.0. The Morgan fingerprint density at radius 1 is 1.58 bits per heavy atom. The van der Waals surface area contributed by atoms with Gasteiger partial charge in [-0.25, -0.2) is 4.98 Å². The zero-order chi connectivity index (χ0) is 8.39. The second-order valence-corrected chi connectivity index (χ2v) is 3.31. The normalized spacial score (nSPS) is 22.9. The van der Waals surface area contributed by atoms with E-state index in [2.05, 4.69) is 34.8 Å². The van der Waals surface area contributed by atoms with Gasteiger partial charge in [-0.2, -0.15) is 0 Å². The van der Waals surface area contributed by atoms with Gasteiger partial charge in [-0.3, -0.25) is 0 Å². The Kier molecular flexibility index (Phi) is 1.98. The second-order valence-electron chi connectivity index (χ2n) is 3.31. The molecular formula is C10H14N2. The van der Waals surface area contributed by atoms with Gasteiger partial charge in [-0.15, -0.1) is 0 Å². The van der Waals surface area contributed by atoms with Crippen LogP contribution in [0.25, 0.3) is 0 Å². The minimum atomic E-state index is 0.557. The monoisotopic (exact) mass is 162 g/mol. The van der Waals surface area contributed by atoms with E-state index in [1.54, 1.807) is 0 Å². The van der Waals surface area contributed by atoms with Crippen LogP contribution in [0.3, 0.4) is 0 Å². The van der Waals surface area contributed by atoms with Gasteiger partial charge in [0.05, 0.1) is 6.04 Å². The number of aromatic nitrogens is 2. The van der Waals surface area contributed by atoms with Crippen molar-refractivity contribution in [3.63, 3.8) is 0 Å². The smallest absolute Gasteiger partial charge is 0.106 e. The van der Waals surface area contributed by atoms with Gasteiger partial charge in [0.1, 0.15) is 5.82 Å². The average molecular weight is 162 g/mol. The van der Waals surface area contributed by atoms with Crippen LogP contribution in [-0.2, 0) is 0 Å². The number of hydrogen-bond donors (Lipinski definition) is 0. The Morgan fingerprint density at radius 3 is 3.08 bits per heavy atom. The van der Waals surface area contributed by atoms with Gasteiger partial charge in [0.2, 0.25) is 0 Å². The molecule has 1 aromatic heterocycles. The molecule has 1 aliphatic carbocycles. The third kappa shape index (κ3) is 1.29. The number of imidazole rings is 1. The van der Waals surface area contributed by atoms with Crippen LogP contribution in [0.15, 0.2) is 24.5 Å². The lowest BCUT2D eigenvalue weighted by Crippen LogP contribution is -2.09. The molecule has 2 rings (SSSR count). The first kappa shape index (κ1) is 7.59. The molecule has 0 radical (unpaired) electrons. The molecular weight excluding hydrogens is 148 g/mol. The second kappa shape index (κ2) is 3.13. The van der Waals surface area contributed by atoms with Crippen molar-refractivity contribution in [3.8, 4) is 0 Å². The van der Waals surface area contributed by atoms with Gasteiger partial charge in [-0.05, 0) is 26.2 Å². The van der Waals surface area contributed by atoms with Crippen molar-refractivity contribution in [1.29, 1.82) is 0 Å². The van der Waals surface area contributed by atoms with Crippen molar-refractivity contribution >= 4 is 0 Å². The molecule has 0 aliphatic heterocycles. The van der Waals surface area contributed by atoms with Crippen molar-refractivity contribution in [1.82, 2.24) is 9.55 Å². The summed E-state index contributed by atoms with van der Waals surface area (Å²) in [6, 6.07) is 0.557. The summed E-state index contributed by atoms with van der Waals surface area (Å²) in [5.74, 6) is 1.12. The largest absolute Gasteiger partial charge is 0.328 e. The van der Waals surface area contributed by atoms with Crippen molar-refractivity contribution in [2.75, 3.05) is 0 Å². The molecule has 2 nitrogen and oxygen atoms in total. The maximum atomic E-state index is 4.22. The van der Waals surface area contributed by atoms with E-state index in [1.165, 1.54) is 19.3 Å². The Morgan fingerprint density at radius 2 is 2.50 bits per heavy atom. The predicted octanol–water partition coefficient (Wildman–Crippen LogP) is 2.47. The Hall–Kier alpha value is -1.05. The van der Waals surface area contributed by atoms with Crippen molar-refractivity contribution in [3.05, 3.63) is 30.4 Å². The number of rotatable bonds is 1. The van der Waals surface area contributed by atoms with Crippen LogP contribution in [-0.4, -0.2) is 9.55 Å². The molecule has 0 N–H and O–H groups in total. The third-order valence-electron chi connectivity index (χ3n) is 2.45. The van der Waals surface area contributed by atoms with E-state index in [0.717, 1.165) is 5.82 Å². The molecule has 1 aromatic rings. The van der Waals surface area contributed by atoms with E-state index in [9.17, 15) is 0 Å². The lowest BCUT2D eigenvalue weighted by Gasteiger charge is -2.18. The minimum Gasteiger partial charge on any atom is -0.328 e. The summed E-state index contributed by atoms with van der Waals surface area (Å²) in [6.07, 6.45) is 12.3. The highest BCUT2D eigenvalue weighted by atomic mass is 15.1. The summed E-state index contributed by atoms with van der Waals surface area (Å²) in [4.78, 5) is 4.22. The van der Waals surface area contributed by atoms with Crippen molar-refractivity contribution < 1.29 is 0 Å². The van der Waals surface area contributed by atoms with E-state index < -0.39 is 0 Å². The average Bonchev–Trinajstić information content (AvgIpc) is 2.53. The molecule has 0 amide bonds. The summed E-state index contributed by atoms with van der Waals surface area (Å²) in [5, 5.41) is 0. The molecule has 0 aromatic carbocycles. The maximum absolute atomic E-state index is 4.22. The predicted molar refractivity (Wildman–Crippen MR) is 49.0 cm³/mol. The first-order valence-corrected chi connectivity index (χ1v) is 4.54. The van der Waals surface area contributed by atoms with Crippen LogP contribution < -0.4 is 0 Å². The van der Waals surface area contributed by atoms with E-state index >= 15 is 0 Å². The summed E-state index contributed by atoms with van der Waals surface area (Å²) < 4.78 is 2.25. The van der Waals surface area contributed by atoms with E-state index in [-0.39, 0.29) is 0 Å². The third-order valence-corrected chi connectivity index (χ3v) is 2.45. The van der Waals surface area contributed by atoms with Crippen LogP contribution in [0.1, 0.15) is 31.1 Å². The van der Waals surface area contributed by atoms with Crippen LogP contribution in [0, 0.1) is 6.92 Å². The molecule has 64 valence electrons. The quantitative estimate of drug-likeness (QED) is 0.580. The van der Waals surface area contributed by atoms with Crippen LogP contribution in [0.2, 0.25) is 0 Å². The summed E-state index contributed by atoms with van der Waals surface area (Å²) in [6.45, 7) is 2.06. The number of nitrogens with zero attached hydrogens (tertiary/aromatic N) is 2. The standard InChI is InChI=1S/C10H14N2/c1-9-11-7-8-12(9)10-5-3-2-4-6-10/h3,5,7-8,10H,2,4,6H2,1H3. The highest BCUT2D eigenvalue weighted by Gasteiger charge is 2.10. The molecule has 2 heteroatoms. The van der Waals surface area contributed by atoms with Gasteiger partial charge in [-0.1, -0.05) is 12.2 Å². The van der Waals surface area contributed by atoms with Crippen molar-refractivity contribution in [2.24, 2.45) is 0 Å². The molecule has 12 heavy (non-hydrogen) atoms. The molecule has 0 fully saturated rings. The van der Waals surface area contributed by atoms with Crippen molar-refractivity contribution in [2.45, 2.75) is 32.2 Å². The Bertz CT molecular complexity index is 286. The zero-order valence-corrected chi connectivity index (χ0v) is 7.40. The minimum absolute atomic E-state index is 0.557. The number of hydrogen-bond acceptors (Lipinski definition) is 1. The summed E-state index contributed by atoms with van der Waals surface area (Å²) in [5.41, 5.74) is 0. The van der Waals surface area contributed by atoms with Gasteiger partial charge in [0, 0.05) is 12.4 Å². The van der Waals surface area contributed by atoms with Crippen LogP contribution in [0.5, 0.6) is 0 Å². The molecule has 1 atom stereocenters. The van der Waals surface area contributed by atoms with Crippen LogP contribution >= 0.6 is 0 Å². The topological polar surface area (TPSA) is 17.8 Å². The summed E-state index contributed by atoms with van der Waals surface area (Å²) >= 11 is 0. The molecule has 0 spiro atoms. The molecule has 0 saturated carbocycles. The number of aryl methyl sites for hydroxylation is 1. The maximum Gasteiger partial charge on any atom is 0.106 e. The molecule has 0 saturated heterocycles. The molecule has 1 aliphatic rings. The van der Waals surface area contributed by atoms with Gasteiger partial charge in [0.25, 0.3) is 0 Å².